The Hall–Kier alpha value is -0.552. The summed E-state index contributed by atoms with van der Waals surface area (Å²) in [4.78, 5) is 3.09. The van der Waals surface area contributed by atoms with Gasteiger partial charge in [-0.25, -0.2) is 0 Å². The second kappa shape index (κ2) is 3.02. The molecule has 0 radical (unpaired) electrons. The Morgan fingerprint density at radius 3 is 3.00 bits per heavy atom. The van der Waals surface area contributed by atoms with Gasteiger partial charge in [0.25, 0.3) is 0 Å². The molecule has 1 N–H and O–H groups in total. The van der Waals surface area contributed by atoms with Gasteiger partial charge in [-0.15, -0.1) is 5.39 Å². The first-order chi connectivity index (χ1) is 4.47. The minimum Gasteiger partial charge on any atom is -0.414 e. The first-order valence-electron chi connectivity index (χ1n) is 2.90. The second-order valence-corrected chi connectivity index (χ2v) is 1.99. The molecule has 0 fully saturated rings. The molecule has 0 atom stereocenters. The number of hydrogen-bond donors (Lipinski definition) is 1. The third-order valence-corrected chi connectivity index (χ3v) is 1.40. The largest absolute Gasteiger partial charge is 0.414 e. The molecule has 0 unspecified atom stereocenters. The fraction of sp³-hybridized carbons (Fsp3) is 0. The van der Waals surface area contributed by atoms with Gasteiger partial charge in [-0.2, -0.15) is 24.3 Å². The summed E-state index contributed by atoms with van der Waals surface area (Å²) in [6.07, 6.45) is 1.93. The van der Waals surface area contributed by atoms with Crippen LogP contribution in [0, 0.1) is 6.07 Å². The maximum atomic E-state index is 3.09. The Bertz CT molecular complexity index is 283. The molecule has 2 rings (SSSR count). The standard InChI is InChI=1S/C8H6N.W/c1-2-4-8-7(3-1)5-6-9-8;/h1,3-6,9H;/q-1;. The molecule has 0 saturated heterocycles. The molecular weight excluding hydrogens is 294 g/mol. The third-order valence-electron chi connectivity index (χ3n) is 1.40. The molecule has 0 aliphatic carbocycles. The van der Waals surface area contributed by atoms with Gasteiger partial charge in [0, 0.05) is 21.1 Å². The summed E-state index contributed by atoms with van der Waals surface area (Å²) in [7, 11) is 0. The van der Waals surface area contributed by atoms with E-state index in [-0.39, 0.29) is 21.1 Å². The van der Waals surface area contributed by atoms with E-state index in [1.54, 1.807) is 0 Å². The zero-order valence-corrected chi connectivity index (χ0v) is 8.23. The number of aromatic nitrogens is 1. The fourth-order valence-electron chi connectivity index (χ4n) is 0.934. The zero-order valence-electron chi connectivity index (χ0n) is 5.29. The summed E-state index contributed by atoms with van der Waals surface area (Å²) in [5, 5.41) is 1.24. The Morgan fingerprint density at radius 1 is 1.30 bits per heavy atom. The van der Waals surface area contributed by atoms with Crippen molar-refractivity contribution in [3.05, 3.63) is 36.5 Å². The predicted octanol–water partition coefficient (Wildman–Crippen LogP) is 1.97. The quantitative estimate of drug-likeness (QED) is 0.716. The average molecular weight is 300 g/mol. The van der Waals surface area contributed by atoms with Crippen molar-refractivity contribution in [1.29, 1.82) is 0 Å². The number of nitrogens with one attached hydrogen (secondary N) is 1. The van der Waals surface area contributed by atoms with Gasteiger partial charge in [-0.1, -0.05) is 11.6 Å². The number of aromatic amines is 1. The molecule has 1 nitrogen and oxygen atoms in total. The monoisotopic (exact) mass is 300 g/mol. The van der Waals surface area contributed by atoms with E-state index in [1.165, 1.54) is 5.39 Å². The molecule has 1 heterocycles. The van der Waals surface area contributed by atoms with Gasteiger partial charge < -0.3 is 4.98 Å². The normalized spacial score (nSPS) is 9.20. The summed E-state index contributed by atoms with van der Waals surface area (Å²) < 4.78 is 0. The molecule has 2 aromatic rings. The Balaban J connectivity index is 0.000000500. The van der Waals surface area contributed by atoms with Crippen LogP contribution in [0.25, 0.3) is 10.9 Å². The number of rotatable bonds is 0. The molecule has 0 aliphatic rings. The van der Waals surface area contributed by atoms with Crippen LogP contribution in [0.4, 0.5) is 0 Å². The summed E-state index contributed by atoms with van der Waals surface area (Å²) in [5.41, 5.74) is 1.15. The first-order valence-corrected chi connectivity index (χ1v) is 2.90. The maximum Gasteiger partial charge on any atom is 0 e. The average Bonchev–Trinajstić information content (AvgIpc) is 2.33. The van der Waals surface area contributed by atoms with Crippen LogP contribution in [-0.2, 0) is 21.1 Å². The molecule has 0 saturated carbocycles. The molecule has 0 spiro atoms. The van der Waals surface area contributed by atoms with Crippen molar-refractivity contribution in [2.24, 2.45) is 0 Å². The van der Waals surface area contributed by atoms with Gasteiger partial charge in [-0.3, -0.25) is 0 Å². The van der Waals surface area contributed by atoms with Crippen LogP contribution in [-0.4, -0.2) is 4.98 Å². The van der Waals surface area contributed by atoms with Gasteiger partial charge >= 0.3 is 0 Å². The van der Waals surface area contributed by atoms with Crippen molar-refractivity contribution < 1.29 is 21.1 Å². The minimum absolute atomic E-state index is 0. The molecule has 0 amide bonds. The Morgan fingerprint density at radius 2 is 2.20 bits per heavy atom. The molecule has 0 bridgehead atoms. The number of fused-ring (bicyclic) bond motifs is 1. The Kier molecular flexibility index (Phi) is 2.28. The van der Waals surface area contributed by atoms with E-state index in [9.17, 15) is 0 Å². The van der Waals surface area contributed by atoms with Crippen molar-refractivity contribution in [2.45, 2.75) is 0 Å². The van der Waals surface area contributed by atoms with E-state index in [2.05, 4.69) is 11.1 Å². The number of benzene rings is 1. The van der Waals surface area contributed by atoms with Gasteiger partial charge in [0.1, 0.15) is 0 Å². The molecule has 1 aromatic heterocycles. The minimum atomic E-state index is 0. The van der Waals surface area contributed by atoms with Crippen molar-refractivity contribution in [1.82, 2.24) is 4.98 Å². The van der Waals surface area contributed by atoms with Gasteiger partial charge in [0.15, 0.2) is 0 Å². The molecule has 2 heteroatoms. The molecule has 10 heavy (non-hydrogen) atoms. The van der Waals surface area contributed by atoms with Crippen LogP contribution in [0.5, 0.6) is 0 Å². The second-order valence-electron chi connectivity index (χ2n) is 1.99. The molecular formula is C8H6NW-. The van der Waals surface area contributed by atoms with Crippen LogP contribution < -0.4 is 0 Å². The van der Waals surface area contributed by atoms with E-state index in [0.717, 1.165) is 5.52 Å². The zero-order chi connectivity index (χ0) is 6.10. The van der Waals surface area contributed by atoms with Crippen LogP contribution in [0.15, 0.2) is 30.5 Å². The van der Waals surface area contributed by atoms with E-state index >= 15 is 0 Å². The molecule has 1 aromatic carbocycles. The SMILES string of the molecule is [W].[c-]1ccc2cc[nH]c2c1. The van der Waals surface area contributed by atoms with Crippen LogP contribution in [0.2, 0.25) is 0 Å². The predicted molar refractivity (Wildman–Crippen MR) is 37.1 cm³/mol. The van der Waals surface area contributed by atoms with Crippen LogP contribution in [0.1, 0.15) is 0 Å². The summed E-state index contributed by atoms with van der Waals surface area (Å²) in [6.45, 7) is 0. The third kappa shape index (κ3) is 1.14. The van der Waals surface area contributed by atoms with Crippen LogP contribution >= 0.6 is 0 Å². The van der Waals surface area contributed by atoms with E-state index in [4.69, 9.17) is 0 Å². The molecule has 0 aliphatic heterocycles. The van der Waals surface area contributed by atoms with Crippen molar-refractivity contribution in [3.8, 4) is 0 Å². The van der Waals surface area contributed by atoms with E-state index < -0.39 is 0 Å². The van der Waals surface area contributed by atoms with Gasteiger partial charge in [0.2, 0.25) is 0 Å². The molecule has 50 valence electrons. The van der Waals surface area contributed by atoms with Crippen LogP contribution in [0.3, 0.4) is 0 Å². The van der Waals surface area contributed by atoms with Gasteiger partial charge in [0.05, 0.1) is 0 Å². The topological polar surface area (TPSA) is 15.8 Å². The van der Waals surface area contributed by atoms with Crippen molar-refractivity contribution in [2.75, 3.05) is 0 Å². The summed E-state index contributed by atoms with van der Waals surface area (Å²) in [5.74, 6) is 0. The number of H-pyrrole nitrogens is 1. The first kappa shape index (κ1) is 7.55. The van der Waals surface area contributed by atoms with E-state index in [1.807, 2.05) is 30.5 Å². The fourth-order valence-corrected chi connectivity index (χ4v) is 0.934. The van der Waals surface area contributed by atoms with Crippen molar-refractivity contribution in [3.63, 3.8) is 0 Å². The van der Waals surface area contributed by atoms with E-state index in [0.29, 0.717) is 0 Å². The summed E-state index contributed by atoms with van der Waals surface area (Å²) >= 11 is 0. The smallest absolute Gasteiger partial charge is 0 e. The summed E-state index contributed by atoms with van der Waals surface area (Å²) in [6, 6.07) is 10.9. The Labute approximate surface area is 73.7 Å². The van der Waals surface area contributed by atoms with Gasteiger partial charge in [-0.05, 0) is 6.20 Å². The number of hydrogen-bond acceptors (Lipinski definition) is 0. The van der Waals surface area contributed by atoms with Crippen molar-refractivity contribution >= 4 is 10.9 Å². The maximum absolute atomic E-state index is 3.09.